The predicted molar refractivity (Wildman–Crippen MR) is 94.2 cm³/mol. The van der Waals surface area contributed by atoms with E-state index >= 15 is 0 Å². The Morgan fingerprint density at radius 1 is 1.22 bits per heavy atom. The lowest BCUT2D eigenvalue weighted by molar-refractivity contribution is 0.0871. The predicted octanol–water partition coefficient (Wildman–Crippen LogP) is 4.82. The summed E-state index contributed by atoms with van der Waals surface area (Å²) in [6.45, 7) is 6.26. The molecule has 3 nitrogen and oxygen atoms in total. The molecule has 0 saturated heterocycles. The zero-order valence-corrected chi connectivity index (χ0v) is 14.9. The molecule has 1 heterocycles. The van der Waals surface area contributed by atoms with Gasteiger partial charge in [0.15, 0.2) is 0 Å². The van der Waals surface area contributed by atoms with E-state index in [-0.39, 0.29) is 5.91 Å². The SMILES string of the molecule is CCCC[C@@H](C)CC(=O)n1cccc1S(=O)c1ccc(C)cc1. The molecule has 2 aromatic rings. The van der Waals surface area contributed by atoms with Crippen LogP contribution in [0.1, 0.15) is 49.9 Å². The zero-order valence-electron chi connectivity index (χ0n) is 14.1. The maximum atomic E-state index is 12.7. The average Bonchev–Trinajstić information content (AvgIpc) is 3.02. The maximum Gasteiger partial charge on any atom is 0.231 e. The molecule has 0 amide bonds. The largest absolute Gasteiger partial charge is 0.279 e. The molecule has 23 heavy (non-hydrogen) atoms. The Kier molecular flexibility index (Phi) is 6.34. The number of aromatic nitrogens is 1. The Bertz CT molecular complexity index is 673. The van der Waals surface area contributed by atoms with Crippen molar-refractivity contribution in [2.45, 2.75) is 56.4 Å². The van der Waals surface area contributed by atoms with E-state index in [9.17, 15) is 9.00 Å². The van der Waals surface area contributed by atoms with Gasteiger partial charge in [0.05, 0.1) is 0 Å². The number of unbranched alkanes of at least 4 members (excludes halogenated alkanes) is 1. The van der Waals surface area contributed by atoms with E-state index in [1.54, 1.807) is 22.9 Å². The molecule has 0 fully saturated rings. The first-order valence-electron chi connectivity index (χ1n) is 8.22. The van der Waals surface area contributed by atoms with E-state index in [0.717, 1.165) is 29.7 Å². The Morgan fingerprint density at radius 3 is 2.57 bits per heavy atom. The van der Waals surface area contributed by atoms with Crippen LogP contribution < -0.4 is 0 Å². The summed E-state index contributed by atoms with van der Waals surface area (Å²) in [7, 11) is -1.33. The van der Waals surface area contributed by atoms with Crippen LogP contribution in [0.15, 0.2) is 52.5 Å². The van der Waals surface area contributed by atoms with Gasteiger partial charge in [-0.15, -0.1) is 0 Å². The summed E-state index contributed by atoms with van der Waals surface area (Å²) < 4.78 is 14.3. The Morgan fingerprint density at radius 2 is 1.91 bits per heavy atom. The minimum Gasteiger partial charge on any atom is -0.279 e. The third-order valence-electron chi connectivity index (χ3n) is 3.98. The lowest BCUT2D eigenvalue weighted by atomic mass is 10.0. The molecule has 0 saturated carbocycles. The van der Waals surface area contributed by atoms with Crippen LogP contribution in [0.5, 0.6) is 0 Å². The second-order valence-corrected chi connectivity index (χ2v) is 7.57. The van der Waals surface area contributed by atoms with Crippen molar-refractivity contribution in [3.8, 4) is 0 Å². The van der Waals surface area contributed by atoms with Crippen molar-refractivity contribution in [1.29, 1.82) is 0 Å². The van der Waals surface area contributed by atoms with Gasteiger partial charge in [0, 0.05) is 17.5 Å². The molecular weight excluding hydrogens is 306 g/mol. The molecule has 1 unspecified atom stereocenters. The van der Waals surface area contributed by atoms with Crippen molar-refractivity contribution in [2.75, 3.05) is 0 Å². The fourth-order valence-electron chi connectivity index (χ4n) is 2.56. The Labute approximate surface area is 141 Å². The summed E-state index contributed by atoms with van der Waals surface area (Å²) in [4.78, 5) is 13.2. The first-order valence-corrected chi connectivity index (χ1v) is 9.37. The van der Waals surface area contributed by atoms with Crippen molar-refractivity contribution in [3.63, 3.8) is 0 Å². The van der Waals surface area contributed by atoms with Gasteiger partial charge >= 0.3 is 0 Å². The molecular formula is C19H25NO2S. The van der Waals surface area contributed by atoms with E-state index < -0.39 is 10.8 Å². The van der Waals surface area contributed by atoms with Crippen LogP contribution in [0.3, 0.4) is 0 Å². The zero-order chi connectivity index (χ0) is 16.8. The standard InChI is InChI=1S/C19H25NO2S/c1-4-5-7-16(3)14-18(21)20-13-6-8-19(20)23(22)17-11-9-15(2)10-12-17/h6,8-13,16H,4-5,7,14H2,1-3H3/t16-,23?/m1/s1. The Balaban J connectivity index is 2.14. The third-order valence-corrected chi connectivity index (χ3v) is 5.39. The van der Waals surface area contributed by atoms with Crippen LogP contribution in [-0.4, -0.2) is 14.7 Å². The molecule has 0 bridgehead atoms. The molecule has 0 N–H and O–H groups in total. The van der Waals surface area contributed by atoms with Gasteiger partial charge < -0.3 is 0 Å². The summed E-state index contributed by atoms with van der Waals surface area (Å²) in [5.74, 6) is 0.375. The van der Waals surface area contributed by atoms with E-state index in [1.807, 2.05) is 31.2 Å². The van der Waals surface area contributed by atoms with Gasteiger partial charge in [-0.25, -0.2) is 4.21 Å². The second kappa shape index (κ2) is 8.25. The molecule has 2 atom stereocenters. The maximum absolute atomic E-state index is 12.7. The van der Waals surface area contributed by atoms with Crippen molar-refractivity contribution >= 4 is 16.7 Å². The monoisotopic (exact) mass is 331 g/mol. The molecule has 0 spiro atoms. The molecule has 0 aliphatic heterocycles. The van der Waals surface area contributed by atoms with Gasteiger partial charge in [-0.2, -0.15) is 0 Å². The number of hydrogen-bond donors (Lipinski definition) is 0. The van der Waals surface area contributed by atoms with Crippen LogP contribution in [0, 0.1) is 12.8 Å². The van der Waals surface area contributed by atoms with E-state index in [0.29, 0.717) is 17.4 Å². The third kappa shape index (κ3) is 4.64. The number of benzene rings is 1. The summed E-state index contributed by atoms with van der Waals surface area (Å²) in [6, 6.07) is 11.2. The van der Waals surface area contributed by atoms with Crippen LogP contribution >= 0.6 is 0 Å². The first kappa shape index (κ1) is 17.7. The summed E-state index contributed by atoms with van der Waals surface area (Å²) in [5.41, 5.74) is 1.13. The van der Waals surface area contributed by atoms with Crippen molar-refractivity contribution in [3.05, 3.63) is 48.2 Å². The second-order valence-electron chi connectivity index (χ2n) is 6.14. The highest BCUT2D eigenvalue weighted by molar-refractivity contribution is 7.85. The molecule has 1 aromatic heterocycles. The number of carbonyl (C=O) groups is 1. The topological polar surface area (TPSA) is 39.1 Å². The number of rotatable bonds is 7. The number of nitrogens with zero attached hydrogens (tertiary/aromatic N) is 1. The molecule has 2 rings (SSSR count). The van der Waals surface area contributed by atoms with Gasteiger partial charge in [-0.05, 0) is 37.1 Å². The number of carbonyl (C=O) groups excluding carboxylic acids is 1. The lowest BCUT2D eigenvalue weighted by Gasteiger charge is -2.12. The molecule has 0 aliphatic carbocycles. The quantitative estimate of drug-likeness (QED) is 0.729. The molecule has 4 heteroatoms. The highest BCUT2D eigenvalue weighted by Crippen LogP contribution is 2.20. The fraction of sp³-hybridized carbons (Fsp3) is 0.421. The highest BCUT2D eigenvalue weighted by atomic mass is 32.2. The average molecular weight is 331 g/mol. The van der Waals surface area contributed by atoms with Gasteiger partial charge in [0.1, 0.15) is 15.8 Å². The van der Waals surface area contributed by atoms with Crippen LogP contribution in [-0.2, 0) is 10.8 Å². The van der Waals surface area contributed by atoms with Crippen LogP contribution in [0.25, 0.3) is 0 Å². The van der Waals surface area contributed by atoms with Gasteiger partial charge in [-0.3, -0.25) is 9.36 Å². The van der Waals surface area contributed by atoms with Crippen molar-refractivity contribution < 1.29 is 9.00 Å². The van der Waals surface area contributed by atoms with Crippen molar-refractivity contribution in [2.24, 2.45) is 5.92 Å². The van der Waals surface area contributed by atoms with Gasteiger partial charge in [-0.1, -0.05) is 50.8 Å². The minimum atomic E-state index is -1.33. The number of hydrogen-bond acceptors (Lipinski definition) is 2. The smallest absolute Gasteiger partial charge is 0.231 e. The molecule has 124 valence electrons. The van der Waals surface area contributed by atoms with E-state index in [4.69, 9.17) is 0 Å². The van der Waals surface area contributed by atoms with Crippen LogP contribution in [0.4, 0.5) is 0 Å². The molecule has 0 aliphatic rings. The van der Waals surface area contributed by atoms with E-state index in [2.05, 4.69) is 13.8 Å². The molecule has 0 radical (unpaired) electrons. The molecule has 1 aromatic carbocycles. The summed E-state index contributed by atoms with van der Waals surface area (Å²) in [6.07, 6.45) is 5.55. The highest BCUT2D eigenvalue weighted by Gasteiger charge is 2.17. The minimum absolute atomic E-state index is 0.0223. The lowest BCUT2D eigenvalue weighted by Crippen LogP contribution is -2.16. The first-order chi connectivity index (χ1) is 11.0. The van der Waals surface area contributed by atoms with E-state index in [1.165, 1.54) is 0 Å². The van der Waals surface area contributed by atoms with Crippen molar-refractivity contribution in [1.82, 2.24) is 4.57 Å². The fourth-order valence-corrected chi connectivity index (χ4v) is 3.72. The normalized spacial score (nSPS) is 13.7. The Hall–Kier alpha value is -1.68. The summed E-state index contributed by atoms with van der Waals surface area (Å²) in [5, 5.41) is 0.557. The van der Waals surface area contributed by atoms with Gasteiger partial charge in [0.2, 0.25) is 5.91 Å². The number of aryl methyl sites for hydroxylation is 1. The van der Waals surface area contributed by atoms with Gasteiger partial charge in [0.25, 0.3) is 0 Å². The van der Waals surface area contributed by atoms with Crippen LogP contribution in [0.2, 0.25) is 0 Å². The summed E-state index contributed by atoms with van der Waals surface area (Å²) >= 11 is 0.